The van der Waals surface area contributed by atoms with Crippen molar-refractivity contribution in [2.75, 3.05) is 0 Å². The molecule has 3 aromatic rings. The lowest BCUT2D eigenvalue weighted by molar-refractivity contribution is -0.137. The maximum Gasteiger partial charge on any atom is 0.305 e. The topological polar surface area (TPSA) is 72.2 Å². The molecule has 0 unspecified atom stereocenters. The zero-order valence-electron chi connectivity index (χ0n) is 13.9. The zero-order chi connectivity index (χ0) is 18.1. The summed E-state index contributed by atoms with van der Waals surface area (Å²) in [5.41, 5.74) is 1.71. The normalized spacial score (nSPS) is 11.2. The molecule has 0 saturated carbocycles. The smallest absolute Gasteiger partial charge is 0.305 e. The van der Waals surface area contributed by atoms with Crippen LogP contribution in [-0.2, 0) is 17.8 Å². The molecule has 0 amide bonds. The fourth-order valence-electron chi connectivity index (χ4n) is 2.73. The van der Waals surface area contributed by atoms with E-state index >= 15 is 0 Å². The minimum absolute atomic E-state index is 0.106. The van der Waals surface area contributed by atoms with Gasteiger partial charge in [0.05, 0.1) is 11.8 Å². The largest absolute Gasteiger partial charge is 0.481 e. The fourth-order valence-corrected chi connectivity index (χ4v) is 3.89. The Morgan fingerprint density at radius 2 is 1.96 bits per heavy atom. The fraction of sp³-hybridized carbons (Fsp3) is 0.278. The third kappa shape index (κ3) is 3.60. The number of fused-ring (bicyclic) bond motifs is 1. The van der Waals surface area contributed by atoms with Gasteiger partial charge in [-0.3, -0.25) is 14.2 Å². The SMILES string of the molecule is Cc1sc2nc(Cc3ccc(Cl)cc3)n(CCC(=O)O)c(=O)c2c1C. The van der Waals surface area contributed by atoms with Gasteiger partial charge in [0.25, 0.3) is 5.56 Å². The maximum absolute atomic E-state index is 13.0. The summed E-state index contributed by atoms with van der Waals surface area (Å²) >= 11 is 7.41. The molecule has 25 heavy (non-hydrogen) atoms. The summed E-state index contributed by atoms with van der Waals surface area (Å²) in [6.45, 7) is 3.97. The number of hydrogen-bond donors (Lipinski definition) is 1. The molecular weight excluding hydrogens is 360 g/mol. The summed E-state index contributed by atoms with van der Waals surface area (Å²) < 4.78 is 1.49. The molecule has 1 aromatic carbocycles. The third-order valence-corrected chi connectivity index (χ3v) is 5.55. The van der Waals surface area contributed by atoms with Crippen LogP contribution in [0.2, 0.25) is 5.02 Å². The van der Waals surface area contributed by atoms with E-state index in [1.165, 1.54) is 15.9 Å². The number of aromatic nitrogens is 2. The van der Waals surface area contributed by atoms with Crippen LogP contribution in [0.5, 0.6) is 0 Å². The summed E-state index contributed by atoms with van der Waals surface area (Å²) in [6.07, 6.45) is 0.320. The minimum atomic E-state index is -0.942. The second-order valence-corrected chi connectivity index (χ2v) is 7.53. The van der Waals surface area contributed by atoms with E-state index in [0.717, 1.165) is 16.0 Å². The second-order valence-electron chi connectivity index (χ2n) is 5.90. The van der Waals surface area contributed by atoms with E-state index in [2.05, 4.69) is 4.98 Å². The van der Waals surface area contributed by atoms with Crippen molar-refractivity contribution in [1.82, 2.24) is 9.55 Å². The summed E-state index contributed by atoms with van der Waals surface area (Å²) in [5.74, 6) is -0.370. The molecule has 0 aliphatic rings. The van der Waals surface area contributed by atoms with Crippen molar-refractivity contribution >= 4 is 39.1 Å². The number of thiophene rings is 1. The van der Waals surface area contributed by atoms with E-state index in [4.69, 9.17) is 16.7 Å². The quantitative estimate of drug-likeness (QED) is 0.735. The van der Waals surface area contributed by atoms with Crippen molar-refractivity contribution in [3.63, 3.8) is 0 Å². The summed E-state index contributed by atoms with van der Waals surface area (Å²) in [4.78, 5) is 30.4. The van der Waals surface area contributed by atoms with Gasteiger partial charge in [0.2, 0.25) is 0 Å². The van der Waals surface area contributed by atoms with Crippen molar-refractivity contribution in [3.8, 4) is 0 Å². The van der Waals surface area contributed by atoms with E-state index in [-0.39, 0.29) is 18.5 Å². The standard InChI is InChI=1S/C18H17ClN2O3S/c1-10-11(2)25-17-16(10)18(24)21(8-7-15(22)23)14(20-17)9-12-3-5-13(19)6-4-12/h3-6H,7-9H2,1-2H3,(H,22,23). The van der Waals surface area contributed by atoms with Gasteiger partial charge in [-0.2, -0.15) is 0 Å². The molecule has 130 valence electrons. The zero-order valence-corrected chi connectivity index (χ0v) is 15.4. The summed E-state index contributed by atoms with van der Waals surface area (Å²) in [5, 5.41) is 10.2. The van der Waals surface area contributed by atoms with Crippen LogP contribution in [0.1, 0.15) is 28.2 Å². The molecule has 1 N–H and O–H groups in total. The molecular formula is C18H17ClN2O3S. The van der Waals surface area contributed by atoms with E-state index in [9.17, 15) is 9.59 Å². The average molecular weight is 377 g/mol. The highest BCUT2D eigenvalue weighted by molar-refractivity contribution is 7.18. The van der Waals surface area contributed by atoms with Crippen molar-refractivity contribution in [2.45, 2.75) is 33.2 Å². The van der Waals surface area contributed by atoms with Crippen molar-refractivity contribution in [1.29, 1.82) is 0 Å². The Balaban J connectivity index is 2.13. The van der Waals surface area contributed by atoms with Gasteiger partial charge in [0.1, 0.15) is 10.7 Å². The first-order valence-electron chi connectivity index (χ1n) is 7.82. The molecule has 7 heteroatoms. The number of carboxylic acids is 1. The number of carbonyl (C=O) groups is 1. The van der Waals surface area contributed by atoms with Crippen LogP contribution in [0.25, 0.3) is 10.2 Å². The lowest BCUT2D eigenvalue weighted by atomic mass is 10.1. The van der Waals surface area contributed by atoms with Gasteiger partial charge in [-0.15, -0.1) is 11.3 Å². The molecule has 0 aliphatic carbocycles. The van der Waals surface area contributed by atoms with Gasteiger partial charge in [-0.1, -0.05) is 23.7 Å². The highest BCUT2D eigenvalue weighted by Crippen LogP contribution is 2.27. The highest BCUT2D eigenvalue weighted by Gasteiger charge is 2.17. The van der Waals surface area contributed by atoms with Gasteiger partial charge in [0, 0.05) is 22.9 Å². The predicted molar refractivity (Wildman–Crippen MR) is 99.9 cm³/mol. The highest BCUT2D eigenvalue weighted by atomic mass is 35.5. The Labute approximate surface area is 153 Å². The Hall–Kier alpha value is -2.18. The summed E-state index contributed by atoms with van der Waals surface area (Å²) in [6, 6.07) is 7.33. The van der Waals surface area contributed by atoms with Crippen LogP contribution in [0.3, 0.4) is 0 Å². The first kappa shape index (κ1) is 17.6. The van der Waals surface area contributed by atoms with Gasteiger partial charge < -0.3 is 5.11 Å². The average Bonchev–Trinajstić information content (AvgIpc) is 2.83. The Bertz CT molecular complexity index is 1010. The first-order chi connectivity index (χ1) is 11.9. The van der Waals surface area contributed by atoms with E-state index in [1.807, 2.05) is 26.0 Å². The summed E-state index contributed by atoms with van der Waals surface area (Å²) in [7, 11) is 0. The van der Waals surface area contributed by atoms with Crippen LogP contribution in [0.15, 0.2) is 29.1 Å². The maximum atomic E-state index is 13.0. The predicted octanol–water partition coefficient (Wildman–Crippen LogP) is 3.79. The van der Waals surface area contributed by atoms with Crippen LogP contribution < -0.4 is 5.56 Å². The molecule has 3 rings (SSSR count). The number of rotatable bonds is 5. The van der Waals surface area contributed by atoms with Crippen molar-refractivity contribution < 1.29 is 9.90 Å². The Kier molecular flexibility index (Phi) is 4.92. The number of hydrogen-bond acceptors (Lipinski definition) is 4. The van der Waals surface area contributed by atoms with E-state index in [0.29, 0.717) is 27.5 Å². The second kappa shape index (κ2) is 6.98. The number of halogens is 1. The van der Waals surface area contributed by atoms with Crippen molar-refractivity contribution in [2.24, 2.45) is 0 Å². The van der Waals surface area contributed by atoms with E-state index in [1.54, 1.807) is 12.1 Å². The van der Waals surface area contributed by atoms with Crippen LogP contribution in [0.4, 0.5) is 0 Å². The number of aliphatic carboxylic acids is 1. The van der Waals surface area contributed by atoms with Crippen LogP contribution in [0, 0.1) is 13.8 Å². The van der Waals surface area contributed by atoms with Crippen LogP contribution in [-0.4, -0.2) is 20.6 Å². The number of carboxylic acid groups (broad SMARTS) is 1. The van der Waals surface area contributed by atoms with Gasteiger partial charge in [0.15, 0.2) is 0 Å². The van der Waals surface area contributed by atoms with Gasteiger partial charge >= 0.3 is 5.97 Å². The monoisotopic (exact) mass is 376 g/mol. The molecule has 0 atom stereocenters. The molecule has 2 heterocycles. The van der Waals surface area contributed by atoms with Gasteiger partial charge in [-0.05, 0) is 37.1 Å². The molecule has 0 aliphatic heterocycles. The molecule has 0 radical (unpaired) electrons. The Morgan fingerprint density at radius 1 is 1.28 bits per heavy atom. The van der Waals surface area contributed by atoms with Gasteiger partial charge in [-0.25, -0.2) is 4.98 Å². The van der Waals surface area contributed by atoms with Crippen molar-refractivity contribution in [3.05, 3.63) is 61.5 Å². The minimum Gasteiger partial charge on any atom is -0.481 e. The third-order valence-electron chi connectivity index (χ3n) is 4.19. The number of benzene rings is 1. The van der Waals surface area contributed by atoms with Crippen LogP contribution >= 0.6 is 22.9 Å². The Morgan fingerprint density at radius 3 is 2.60 bits per heavy atom. The molecule has 0 spiro atoms. The molecule has 2 aromatic heterocycles. The molecule has 5 nitrogen and oxygen atoms in total. The molecule has 0 bridgehead atoms. The first-order valence-corrected chi connectivity index (χ1v) is 9.02. The lowest BCUT2D eigenvalue weighted by Crippen LogP contribution is -2.26. The molecule has 0 fully saturated rings. The lowest BCUT2D eigenvalue weighted by Gasteiger charge is -2.12. The number of aryl methyl sites for hydroxylation is 2. The molecule has 0 saturated heterocycles. The number of nitrogens with zero attached hydrogens (tertiary/aromatic N) is 2. The van der Waals surface area contributed by atoms with E-state index < -0.39 is 5.97 Å².